The van der Waals surface area contributed by atoms with Gasteiger partial charge in [-0.05, 0) is 0 Å². The molecule has 0 N–H and O–H groups in total. The van der Waals surface area contributed by atoms with Crippen molar-refractivity contribution < 1.29 is 13.8 Å². The van der Waals surface area contributed by atoms with Gasteiger partial charge in [0, 0.05) is 0 Å². The van der Waals surface area contributed by atoms with E-state index in [9.17, 15) is 0 Å². The van der Waals surface area contributed by atoms with Gasteiger partial charge in [0.2, 0.25) is 0 Å². The van der Waals surface area contributed by atoms with Crippen LogP contribution in [0.3, 0.4) is 0 Å². The minimum atomic E-state index is -2.29. The molecule has 1 unspecified atom stereocenters. The monoisotopic (exact) mass is 276 g/mol. The van der Waals surface area contributed by atoms with E-state index >= 15 is 0 Å². The molecule has 1 aliphatic rings. The maximum atomic E-state index is 5.64. The molecule has 3 nitrogen and oxygen atoms in total. The Morgan fingerprint density at radius 1 is 1.57 bits per heavy atom. The van der Waals surface area contributed by atoms with Gasteiger partial charge < -0.3 is 0 Å². The molecule has 7 heteroatoms. The van der Waals surface area contributed by atoms with Gasteiger partial charge in [-0.15, -0.1) is 0 Å². The Bertz CT molecular complexity index is 179. The second-order valence-corrected chi connectivity index (χ2v) is 12.2. The average Bonchev–Trinajstić information content (AvgIpc) is 2.63. The summed E-state index contributed by atoms with van der Waals surface area (Å²) in [5.74, 6) is 1.92. The Labute approximate surface area is 99.4 Å². The van der Waals surface area contributed by atoms with E-state index in [1.54, 1.807) is 25.6 Å². The van der Waals surface area contributed by atoms with E-state index in [0.717, 1.165) is 18.1 Å². The van der Waals surface area contributed by atoms with Gasteiger partial charge >= 0.3 is 99.5 Å². The normalized spacial score (nSPS) is 29.4. The predicted octanol–water partition coefficient (Wildman–Crippen LogP) is 2.83. The second kappa shape index (κ2) is 5.62. The van der Waals surface area contributed by atoms with E-state index in [0.29, 0.717) is 0 Å². The summed E-state index contributed by atoms with van der Waals surface area (Å²) in [5.41, 5.74) is 0. The van der Waals surface area contributed by atoms with Crippen LogP contribution in [0.25, 0.3) is 0 Å². The summed E-state index contributed by atoms with van der Waals surface area (Å²) >= 11 is 7.89. The molecule has 14 heavy (non-hydrogen) atoms. The first-order chi connectivity index (χ1) is 6.54. The van der Waals surface area contributed by atoms with Crippen molar-refractivity contribution >= 4 is 41.5 Å². The van der Waals surface area contributed by atoms with Crippen molar-refractivity contribution in [1.29, 1.82) is 0 Å². The maximum absolute atomic E-state index is 5.64. The summed E-state index contributed by atoms with van der Waals surface area (Å²) in [6.07, 6.45) is -2.29. The van der Waals surface area contributed by atoms with Crippen LogP contribution < -0.4 is 0 Å². The van der Waals surface area contributed by atoms with Crippen molar-refractivity contribution in [3.63, 3.8) is 0 Å². The van der Waals surface area contributed by atoms with E-state index in [4.69, 9.17) is 13.8 Å². The van der Waals surface area contributed by atoms with Crippen LogP contribution in [0, 0.1) is 0 Å². The number of ether oxygens (including phenoxy) is 1. The summed E-state index contributed by atoms with van der Waals surface area (Å²) in [7, 11) is 3.28. The fourth-order valence-electron chi connectivity index (χ4n) is 1.06. The van der Waals surface area contributed by atoms with Gasteiger partial charge in [0.1, 0.15) is 0 Å². The van der Waals surface area contributed by atoms with Gasteiger partial charge in [-0.1, -0.05) is 0 Å². The Kier molecular flexibility index (Phi) is 5.39. The molecule has 0 spiro atoms. The molecule has 0 radical (unpaired) electrons. The van der Waals surface area contributed by atoms with E-state index < -0.39 is 6.12 Å². The van der Waals surface area contributed by atoms with Crippen LogP contribution in [-0.2, 0) is 13.8 Å². The standard InChI is InChI=1S/C7H17O3PS3/c1-7(10-4-5-13-7)6-14-11(12,8-2)9-3/h11-12H,4-6H2,1-3H3. The Morgan fingerprint density at radius 2 is 2.21 bits per heavy atom. The zero-order valence-electron chi connectivity index (χ0n) is 8.61. The summed E-state index contributed by atoms with van der Waals surface area (Å²) in [4.78, 5) is -0.0945. The number of hydrogen-bond acceptors (Lipinski definition) is 6. The van der Waals surface area contributed by atoms with E-state index in [1.165, 1.54) is 0 Å². The minimum absolute atomic E-state index is 0.0945. The van der Waals surface area contributed by atoms with Crippen LogP contribution in [0.4, 0.5) is 0 Å². The molecule has 1 saturated heterocycles. The van der Waals surface area contributed by atoms with Crippen LogP contribution in [-0.4, -0.2) is 37.3 Å². The third-order valence-electron chi connectivity index (χ3n) is 1.93. The summed E-state index contributed by atoms with van der Waals surface area (Å²) in [6, 6.07) is 0. The van der Waals surface area contributed by atoms with Crippen LogP contribution in [0.15, 0.2) is 0 Å². The van der Waals surface area contributed by atoms with Crippen molar-refractivity contribution in [2.75, 3.05) is 32.3 Å². The topological polar surface area (TPSA) is 27.7 Å². The fourth-order valence-corrected chi connectivity index (χ4v) is 6.24. The van der Waals surface area contributed by atoms with Crippen LogP contribution in [0.2, 0.25) is 0 Å². The molecular formula is C7H17O3PS3. The van der Waals surface area contributed by atoms with Gasteiger partial charge in [-0.3, -0.25) is 0 Å². The zero-order chi connectivity index (χ0) is 10.7. The number of thiol groups is 1. The van der Waals surface area contributed by atoms with Crippen molar-refractivity contribution in [2.45, 2.75) is 11.9 Å². The molecule has 0 aromatic heterocycles. The van der Waals surface area contributed by atoms with Crippen LogP contribution >= 0.6 is 41.5 Å². The number of rotatable bonds is 5. The molecule has 1 rings (SSSR count). The second-order valence-electron chi connectivity index (χ2n) is 3.05. The van der Waals surface area contributed by atoms with Gasteiger partial charge in [0.05, 0.1) is 0 Å². The molecular weight excluding hydrogens is 259 g/mol. The molecule has 1 fully saturated rings. The molecule has 0 amide bonds. The van der Waals surface area contributed by atoms with Crippen molar-refractivity contribution in [1.82, 2.24) is 0 Å². The molecule has 0 bridgehead atoms. The summed E-state index contributed by atoms with van der Waals surface area (Å²) < 4.78 is 16.2. The first-order valence-electron chi connectivity index (χ1n) is 4.28. The molecule has 86 valence electrons. The predicted molar refractivity (Wildman–Crippen MR) is 70.6 cm³/mol. The zero-order valence-corrected chi connectivity index (χ0v) is 12.1. The van der Waals surface area contributed by atoms with Gasteiger partial charge in [0.25, 0.3) is 0 Å². The first kappa shape index (κ1) is 13.4. The SMILES string of the molecule is CO[PH](S)(OC)SCC1(C)OCCS1. The Balaban J connectivity index is 2.38. The van der Waals surface area contributed by atoms with E-state index in [2.05, 4.69) is 19.2 Å². The molecule has 1 atom stereocenters. The molecule has 0 saturated carbocycles. The van der Waals surface area contributed by atoms with Gasteiger partial charge in [0.15, 0.2) is 0 Å². The average molecular weight is 276 g/mol. The molecule has 1 heterocycles. The quantitative estimate of drug-likeness (QED) is 0.616. The third-order valence-corrected chi connectivity index (χ3v) is 10.2. The summed E-state index contributed by atoms with van der Waals surface area (Å²) in [5, 5.41) is 0. The van der Waals surface area contributed by atoms with Gasteiger partial charge in [-0.25, -0.2) is 0 Å². The van der Waals surface area contributed by atoms with Crippen LogP contribution in [0.1, 0.15) is 6.92 Å². The summed E-state index contributed by atoms with van der Waals surface area (Å²) in [6.45, 7) is 2.94. The Hall–Kier alpha value is 1.36. The molecule has 0 aromatic carbocycles. The Morgan fingerprint density at radius 3 is 2.64 bits per heavy atom. The van der Waals surface area contributed by atoms with E-state index in [1.807, 2.05) is 11.8 Å². The fraction of sp³-hybridized carbons (Fsp3) is 1.00. The van der Waals surface area contributed by atoms with E-state index in [-0.39, 0.29) is 4.93 Å². The van der Waals surface area contributed by atoms with Crippen LogP contribution in [0.5, 0.6) is 0 Å². The van der Waals surface area contributed by atoms with Crippen molar-refractivity contribution in [2.24, 2.45) is 0 Å². The number of hydrogen-bond donors (Lipinski definition) is 1. The molecule has 0 aliphatic carbocycles. The third kappa shape index (κ3) is 3.74. The van der Waals surface area contributed by atoms with Crippen molar-refractivity contribution in [3.05, 3.63) is 0 Å². The van der Waals surface area contributed by atoms with Gasteiger partial charge in [-0.2, -0.15) is 0 Å². The number of thioether (sulfide) groups is 1. The first-order valence-corrected chi connectivity index (χ1v) is 10.1. The molecule has 1 aliphatic heterocycles. The van der Waals surface area contributed by atoms with Crippen molar-refractivity contribution in [3.8, 4) is 0 Å². The molecule has 0 aromatic rings.